The van der Waals surface area contributed by atoms with Gasteiger partial charge in [0.15, 0.2) is 12.6 Å². The largest absolute Gasteiger partial charge is 0.412 e. The van der Waals surface area contributed by atoms with Gasteiger partial charge in [0.05, 0.1) is 39.1 Å². The fraction of sp³-hybridized carbons (Fsp3) is 1.00. The molecule has 0 rings (SSSR count). The summed E-state index contributed by atoms with van der Waals surface area (Å²) in [6.45, 7) is 10.1. The van der Waals surface area contributed by atoms with Gasteiger partial charge in [-0.15, -0.1) is 0 Å². The first-order valence-electron chi connectivity index (χ1n) is 13.0. The van der Waals surface area contributed by atoms with Gasteiger partial charge in [-0.2, -0.15) is 0 Å². The molecule has 12 N–H and O–H groups in total. The summed E-state index contributed by atoms with van der Waals surface area (Å²) < 4.78 is 10.1. The summed E-state index contributed by atoms with van der Waals surface area (Å²) in [4.78, 5) is 0. The third-order valence-corrected chi connectivity index (χ3v) is 3.95. The minimum absolute atomic E-state index is 0. The number of hydrogen-bond acceptors (Lipinski definition) is 12. The lowest BCUT2D eigenvalue weighted by Gasteiger charge is -2.18. The zero-order chi connectivity index (χ0) is 30.0. The molecular formula is C25H62O13. The van der Waals surface area contributed by atoms with Gasteiger partial charge in [-0.25, -0.2) is 0 Å². The Balaban J connectivity index is -0.0000000889. The Morgan fingerprint density at radius 3 is 1.16 bits per heavy atom. The van der Waals surface area contributed by atoms with Gasteiger partial charge in [-0.05, 0) is 51.9 Å². The highest BCUT2D eigenvalue weighted by atomic mass is 16.6. The molecule has 0 bridgehead atoms. The van der Waals surface area contributed by atoms with Crippen molar-refractivity contribution in [3.05, 3.63) is 0 Å². The van der Waals surface area contributed by atoms with E-state index >= 15 is 0 Å². The third-order valence-electron chi connectivity index (χ3n) is 3.95. The molecule has 0 amide bonds. The molecule has 0 saturated heterocycles. The van der Waals surface area contributed by atoms with E-state index in [1.54, 1.807) is 20.8 Å². The Bertz CT molecular complexity index is 348. The summed E-state index contributed by atoms with van der Waals surface area (Å²) >= 11 is 0. The molecule has 240 valence electrons. The number of ether oxygens (including phenoxy) is 2. The lowest BCUT2D eigenvalue weighted by Crippen LogP contribution is -2.25. The van der Waals surface area contributed by atoms with Crippen LogP contribution in [0.25, 0.3) is 0 Å². The smallest absolute Gasteiger partial charge is 0.154 e. The zero-order valence-electron chi connectivity index (χ0n) is 24.3. The van der Waals surface area contributed by atoms with Crippen molar-refractivity contribution < 1.29 is 66.0 Å². The van der Waals surface area contributed by atoms with E-state index < -0.39 is 12.6 Å². The lowest BCUT2D eigenvalue weighted by molar-refractivity contribution is -0.176. The lowest BCUT2D eigenvalue weighted by atomic mass is 9.97. The van der Waals surface area contributed by atoms with Crippen molar-refractivity contribution >= 4 is 0 Å². The van der Waals surface area contributed by atoms with Crippen molar-refractivity contribution in [2.24, 2.45) is 5.41 Å². The Morgan fingerprint density at radius 1 is 0.579 bits per heavy atom. The predicted octanol–water partition coefficient (Wildman–Crippen LogP) is -1.10. The maximum absolute atomic E-state index is 9.11. The molecule has 0 aliphatic heterocycles. The maximum Gasteiger partial charge on any atom is 0.154 e. The van der Waals surface area contributed by atoms with Crippen molar-refractivity contribution in [1.29, 1.82) is 0 Å². The Hall–Kier alpha value is -0.520. The van der Waals surface area contributed by atoms with Gasteiger partial charge in [-0.1, -0.05) is 27.7 Å². The molecule has 0 aromatic rings. The molecule has 0 radical (unpaired) electrons. The van der Waals surface area contributed by atoms with Gasteiger partial charge in [-0.3, -0.25) is 0 Å². The van der Waals surface area contributed by atoms with E-state index in [2.05, 4.69) is 0 Å². The standard InChI is InChI=1S/C9H20O4.2C5H12O2.C4H10O2.C2H6O2.H2O/c1-4-8(10)12-6-7(3)13-9(11)5-2;1-5(2,3-6)4-7;6-4-2-1-3-5-7;5-3-1-2-4-6;3-1-2-4;/h7-11H,4-6H2,1-3H3;6-7H,3-4H2,1-2H3;6-7H,1-5H2;5-6H,1-4H2;3-4H,1-2H2;1H2. The number of unbranched alkanes of at least 4 members (excludes halogenated alkanes) is 3. The van der Waals surface area contributed by atoms with Crippen LogP contribution >= 0.6 is 0 Å². The maximum atomic E-state index is 9.11. The molecule has 13 nitrogen and oxygen atoms in total. The van der Waals surface area contributed by atoms with E-state index in [0.29, 0.717) is 19.4 Å². The van der Waals surface area contributed by atoms with Crippen LogP contribution in [0.2, 0.25) is 0 Å². The van der Waals surface area contributed by atoms with E-state index in [1.165, 1.54) is 0 Å². The van der Waals surface area contributed by atoms with Gasteiger partial charge in [0.1, 0.15) is 0 Å². The van der Waals surface area contributed by atoms with Crippen LogP contribution < -0.4 is 0 Å². The molecule has 3 unspecified atom stereocenters. The van der Waals surface area contributed by atoms with Gasteiger partial charge in [0, 0.05) is 31.8 Å². The molecule has 38 heavy (non-hydrogen) atoms. The topological polar surface area (TPSA) is 252 Å². The first-order valence-corrected chi connectivity index (χ1v) is 13.0. The summed E-state index contributed by atoms with van der Waals surface area (Å²) in [6, 6.07) is 0. The summed E-state index contributed by atoms with van der Waals surface area (Å²) in [5, 5.41) is 82.9. The van der Waals surface area contributed by atoms with Crippen LogP contribution in [0.4, 0.5) is 0 Å². The highest BCUT2D eigenvalue weighted by Crippen LogP contribution is 2.10. The number of aliphatic hydroxyl groups is 10. The molecule has 13 heteroatoms. The second-order valence-corrected chi connectivity index (χ2v) is 8.60. The fourth-order valence-electron chi connectivity index (χ4n) is 1.44. The first-order chi connectivity index (χ1) is 17.5. The second kappa shape index (κ2) is 43.5. The first kappa shape index (κ1) is 50.3. The summed E-state index contributed by atoms with van der Waals surface area (Å²) in [7, 11) is 0. The van der Waals surface area contributed by atoms with E-state index in [0.717, 1.165) is 32.1 Å². The average Bonchev–Trinajstić information content (AvgIpc) is 2.91. The monoisotopic (exact) mass is 570 g/mol. The summed E-state index contributed by atoms with van der Waals surface area (Å²) in [5.74, 6) is 0. The van der Waals surface area contributed by atoms with Crippen molar-refractivity contribution in [2.45, 2.75) is 98.2 Å². The normalized spacial score (nSPS) is 12.4. The number of rotatable bonds is 17. The predicted molar refractivity (Wildman–Crippen MR) is 146 cm³/mol. The highest BCUT2D eigenvalue weighted by molar-refractivity contribution is 4.63. The molecular weight excluding hydrogens is 508 g/mol. The SMILES string of the molecule is CC(C)(CO)CO.CCC(O)OCC(C)OC(O)CC.O.OCCCCCO.OCCCCO.OCCO. The van der Waals surface area contributed by atoms with Gasteiger partial charge < -0.3 is 66.0 Å². The molecule has 0 aromatic heterocycles. The second-order valence-electron chi connectivity index (χ2n) is 8.60. The van der Waals surface area contributed by atoms with Crippen LogP contribution in [0, 0.1) is 5.41 Å². The zero-order valence-corrected chi connectivity index (χ0v) is 24.3. The molecule has 0 heterocycles. The van der Waals surface area contributed by atoms with Crippen molar-refractivity contribution in [3.63, 3.8) is 0 Å². The van der Waals surface area contributed by atoms with Gasteiger partial charge >= 0.3 is 0 Å². The third kappa shape index (κ3) is 60.2. The molecule has 0 aliphatic carbocycles. The van der Waals surface area contributed by atoms with E-state index in [-0.39, 0.29) is 69.9 Å². The molecule has 0 aliphatic rings. The quantitative estimate of drug-likeness (QED) is 0.0739. The molecule has 0 aromatic carbocycles. The molecule has 0 spiro atoms. The van der Waals surface area contributed by atoms with Crippen LogP contribution in [0.5, 0.6) is 0 Å². The summed E-state index contributed by atoms with van der Waals surface area (Å²) in [6.07, 6.45) is 3.46. The summed E-state index contributed by atoms with van der Waals surface area (Å²) in [5.41, 5.74) is -0.306. The van der Waals surface area contributed by atoms with E-state index in [9.17, 15) is 0 Å². The highest BCUT2D eigenvalue weighted by Gasteiger charge is 2.13. The van der Waals surface area contributed by atoms with Crippen LogP contribution in [-0.2, 0) is 9.47 Å². The molecule has 0 saturated carbocycles. The van der Waals surface area contributed by atoms with Crippen molar-refractivity contribution in [3.8, 4) is 0 Å². The Morgan fingerprint density at radius 2 is 0.921 bits per heavy atom. The Labute approximate surface area is 229 Å². The van der Waals surface area contributed by atoms with Gasteiger partial charge in [0.2, 0.25) is 0 Å². The van der Waals surface area contributed by atoms with Crippen LogP contribution in [0.15, 0.2) is 0 Å². The fourth-order valence-corrected chi connectivity index (χ4v) is 1.44. The minimum Gasteiger partial charge on any atom is -0.412 e. The minimum atomic E-state index is -0.739. The van der Waals surface area contributed by atoms with E-state index in [1.807, 2.05) is 13.8 Å². The van der Waals surface area contributed by atoms with Gasteiger partial charge in [0.25, 0.3) is 0 Å². The van der Waals surface area contributed by atoms with E-state index in [4.69, 9.17) is 60.5 Å². The Kier molecular flexibility index (Phi) is 57.7. The van der Waals surface area contributed by atoms with Crippen LogP contribution in [0.3, 0.4) is 0 Å². The van der Waals surface area contributed by atoms with Crippen molar-refractivity contribution in [1.82, 2.24) is 0 Å². The number of hydrogen-bond donors (Lipinski definition) is 10. The average molecular weight is 571 g/mol. The van der Waals surface area contributed by atoms with Crippen LogP contribution in [0.1, 0.15) is 79.6 Å². The van der Waals surface area contributed by atoms with Crippen molar-refractivity contribution in [2.75, 3.05) is 59.5 Å². The van der Waals surface area contributed by atoms with Crippen LogP contribution in [-0.4, -0.2) is 135 Å². The molecule has 0 fully saturated rings. The number of aliphatic hydroxyl groups excluding tert-OH is 10. The molecule has 3 atom stereocenters.